The number of benzene rings is 2. The first-order valence-electron chi connectivity index (χ1n) is 6.26. The lowest BCUT2D eigenvalue weighted by Crippen LogP contribution is -2.06. The van der Waals surface area contributed by atoms with Crippen LogP contribution in [0.4, 0.5) is 0 Å². The van der Waals surface area contributed by atoms with Crippen LogP contribution >= 0.6 is 27.5 Å². The first kappa shape index (κ1) is 15.1. The lowest BCUT2D eigenvalue weighted by molar-refractivity contribution is 0.103. The van der Waals surface area contributed by atoms with Gasteiger partial charge in [-0.25, -0.2) is 0 Å². The van der Waals surface area contributed by atoms with E-state index in [1.54, 1.807) is 18.2 Å². The van der Waals surface area contributed by atoms with Crippen molar-refractivity contribution in [3.8, 4) is 5.75 Å². The molecular weight excluding hydrogens is 340 g/mol. The number of hydrogen-bond acceptors (Lipinski definition) is 2. The molecule has 0 saturated carbocycles. The van der Waals surface area contributed by atoms with E-state index in [4.69, 9.17) is 16.3 Å². The molecule has 0 heterocycles. The Bertz CT molecular complexity index is 653. The number of carbonyl (C=O) groups is 1. The van der Waals surface area contributed by atoms with Gasteiger partial charge in [-0.05, 0) is 44.2 Å². The number of ether oxygens (including phenoxy) is 1. The van der Waals surface area contributed by atoms with Crippen LogP contribution in [0.15, 0.2) is 40.9 Å². The minimum atomic E-state index is -0.130. The maximum absolute atomic E-state index is 12.6. The summed E-state index contributed by atoms with van der Waals surface area (Å²) in [4.78, 5) is 12.6. The maximum atomic E-state index is 12.6. The Hall–Kier alpha value is -1.32. The van der Waals surface area contributed by atoms with Gasteiger partial charge < -0.3 is 4.74 Å². The smallest absolute Gasteiger partial charge is 0.198 e. The van der Waals surface area contributed by atoms with E-state index in [9.17, 15) is 4.79 Å². The molecule has 0 unspecified atom stereocenters. The van der Waals surface area contributed by atoms with Gasteiger partial charge in [-0.15, -0.1) is 0 Å². The van der Waals surface area contributed by atoms with Gasteiger partial charge in [0.25, 0.3) is 0 Å². The van der Waals surface area contributed by atoms with Crippen LogP contribution in [0, 0.1) is 6.92 Å². The standard InChI is InChI=1S/C16H14BrClO2/c1-3-20-15-7-4-10(2)8-13(15)16(19)12-6-5-11(17)9-14(12)18/h4-9H,3H2,1-2H3. The molecule has 2 nitrogen and oxygen atoms in total. The largest absolute Gasteiger partial charge is 0.493 e. The van der Waals surface area contributed by atoms with Crippen LogP contribution in [-0.2, 0) is 0 Å². The number of ketones is 1. The SMILES string of the molecule is CCOc1ccc(C)cc1C(=O)c1ccc(Br)cc1Cl. The van der Waals surface area contributed by atoms with E-state index in [-0.39, 0.29) is 5.78 Å². The zero-order valence-corrected chi connectivity index (χ0v) is 13.6. The Labute approximate surface area is 131 Å². The normalized spacial score (nSPS) is 10.4. The van der Waals surface area contributed by atoms with Crippen LogP contribution in [0.2, 0.25) is 5.02 Å². The Balaban J connectivity index is 2.49. The van der Waals surface area contributed by atoms with E-state index < -0.39 is 0 Å². The Morgan fingerprint density at radius 1 is 1.20 bits per heavy atom. The predicted molar refractivity (Wildman–Crippen MR) is 84.9 cm³/mol. The predicted octanol–water partition coefficient (Wildman–Crippen LogP) is 5.04. The van der Waals surface area contributed by atoms with Gasteiger partial charge in [0.15, 0.2) is 5.78 Å². The van der Waals surface area contributed by atoms with Crippen molar-refractivity contribution in [3.63, 3.8) is 0 Å². The van der Waals surface area contributed by atoms with Crippen molar-refractivity contribution in [1.82, 2.24) is 0 Å². The van der Waals surface area contributed by atoms with Gasteiger partial charge in [0.2, 0.25) is 0 Å². The van der Waals surface area contributed by atoms with Gasteiger partial charge in [-0.3, -0.25) is 4.79 Å². The lowest BCUT2D eigenvalue weighted by Gasteiger charge is -2.11. The van der Waals surface area contributed by atoms with Gasteiger partial charge in [0.1, 0.15) is 5.75 Å². The molecule has 0 N–H and O–H groups in total. The summed E-state index contributed by atoms with van der Waals surface area (Å²) in [5.41, 5.74) is 2.02. The highest BCUT2D eigenvalue weighted by atomic mass is 79.9. The fraction of sp³-hybridized carbons (Fsp3) is 0.188. The highest BCUT2D eigenvalue weighted by molar-refractivity contribution is 9.10. The molecule has 0 bridgehead atoms. The third kappa shape index (κ3) is 3.22. The van der Waals surface area contributed by atoms with Crippen molar-refractivity contribution >= 4 is 33.3 Å². The third-order valence-electron chi connectivity index (χ3n) is 2.86. The molecule has 0 amide bonds. The van der Waals surface area contributed by atoms with E-state index in [0.29, 0.717) is 28.5 Å². The molecule has 0 spiro atoms. The van der Waals surface area contributed by atoms with Gasteiger partial charge in [-0.2, -0.15) is 0 Å². The van der Waals surface area contributed by atoms with Crippen molar-refractivity contribution in [2.75, 3.05) is 6.61 Å². The Kier molecular flexibility index (Phi) is 4.84. The summed E-state index contributed by atoms with van der Waals surface area (Å²) in [5.74, 6) is 0.455. The van der Waals surface area contributed by atoms with Crippen molar-refractivity contribution < 1.29 is 9.53 Å². The molecule has 0 aromatic heterocycles. The van der Waals surface area contributed by atoms with Crippen LogP contribution in [0.1, 0.15) is 28.4 Å². The van der Waals surface area contributed by atoms with E-state index >= 15 is 0 Å². The molecule has 2 aromatic carbocycles. The molecule has 0 saturated heterocycles. The van der Waals surface area contributed by atoms with Gasteiger partial charge in [-0.1, -0.05) is 39.2 Å². The van der Waals surface area contributed by atoms with Crippen LogP contribution in [0.25, 0.3) is 0 Å². The second kappa shape index (κ2) is 6.42. The van der Waals surface area contributed by atoms with E-state index in [0.717, 1.165) is 10.0 Å². The molecule has 20 heavy (non-hydrogen) atoms. The minimum absolute atomic E-state index is 0.130. The monoisotopic (exact) mass is 352 g/mol. The molecule has 0 radical (unpaired) electrons. The molecule has 4 heteroatoms. The molecule has 0 aliphatic carbocycles. The summed E-state index contributed by atoms with van der Waals surface area (Å²) in [6.07, 6.45) is 0. The fourth-order valence-electron chi connectivity index (χ4n) is 1.92. The second-order valence-electron chi connectivity index (χ2n) is 4.39. The quantitative estimate of drug-likeness (QED) is 0.720. The zero-order valence-electron chi connectivity index (χ0n) is 11.2. The van der Waals surface area contributed by atoms with Crippen LogP contribution in [0.3, 0.4) is 0 Å². The summed E-state index contributed by atoms with van der Waals surface area (Å²) in [6.45, 7) is 4.34. The number of halogens is 2. The average Bonchev–Trinajstić information content (AvgIpc) is 2.40. The Morgan fingerprint density at radius 2 is 1.95 bits per heavy atom. The van der Waals surface area contributed by atoms with Gasteiger partial charge in [0, 0.05) is 10.0 Å². The molecule has 0 aliphatic rings. The lowest BCUT2D eigenvalue weighted by atomic mass is 10.0. The van der Waals surface area contributed by atoms with Crippen molar-refractivity contribution in [1.29, 1.82) is 0 Å². The van der Waals surface area contributed by atoms with Crippen molar-refractivity contribution in [2.45, 2.75) is 13.8 Å². The zero-order chi connectivity index (χ0) is 14.7. The van der Waals surface area contributed by atoms with Crippen LogP contribution < -0.4 is 4.74 Å². The number of rotatable bonds is 4. The van der Waals surface area contributed by atoms with Gasteiger partial charge >= 0.3 is 0 Å². The highest BCUT2D eigenvalue weighted by Crippen LogP contribution is 2.28. The van der Waals surface area contributed by atoms with E-state index in [1.807, 2.05) is 32.0 Å². The third-order valence-corrected chi connectivity index (χ3v) is 3.66. The topological polar surface area (TPSA) is 26.3 Å². The summed E-state index contributed by atoms with van der Waals surface area (Å²) in [7, 11) is 0. The summed E-state index contributed by atoms with van der Waals surface area (Å²) in [5, 5.41) is 0.424. The molecule has 2 aromatic rings. The molecule has 0 fully saturated rings. The maximum Gasteiger partial charge on any atom is 0.198 e. The van der Waals surface area contributed by atoms with E-state index in [1.165, 1.54) is 0 Å². The van der Waals surface area contributed by atoms with Crippen molar-refractivity contribution in [3.05, 3.63) is 62.6 Å². The summed E-state index contributed by atoms with van der Waals surface area (Å²) < 4.78 is 6.37. The number of carbonyl (C=O) groups excluding carboxylic acids is 1. The molecular formula is C16H14BrClO2. The first-order valence-corrected chi connectivity index (χ1v) is 7.43. The molecule has 2 rings (SSSR count). The number of aryl methyl sites for hydroxylation is 1. The molecule has 0 atom stereocenters. The van der Waals surface area contributed by atoms with Crippen molar-refractivity contribution in [2.24, 2.45) is 0 Å². The Morgan fingerprint density at radius 3 is 2.60 bits per heavy atom. The average molecular weight is 354 g/mol. The minimum Gasteiger partial charge on any atom is -0.493 e. The summed E-state index contributed by atoms with van der Waals surface area (Å²) >= 11 is 9.48. The highest BCUT2D eigenvalue weighted by Gasteiger charge is 2.17. The fourth-order valence-corrected chi connectivity index (χ4v) is 2.68. The van der Waals surface area contributed by atoms with Crippen LogP contribution in [-0.4, -0.2) is 12.4 Å². The molecule has 0 aliphatic heterocycles. The van der Waals surface area contributed by atoms with E-state index in [2.05, 4.69) is 15.9 Å². The molecule has 104 valence electrons. The number of hydrogen-bond donors (Lipinski definition) is 0. The van der Waals surface area contributed by atoms with Crippen LogP contribution in [0.5, 0.6) is 5.75 Å². The summed E-state index contributed by atoms with van der Waals surface area (Å²) in [6, 6.07) is 10.8. The second-order valence-corrected chi connectivity index (χ2v) is 5.71. The van der Waals surface area contributed by atoms with Gasteiger partial charge in [0.05, 0.1) is 17.2 Å². The first-order chi connectivity index (χ1) is 9.52.